The number of nitrogens with zero attached hydrogens (tertiary/aromatic N) is 5. The Hall–Kier alpha value is -5.19. The highest BCUT2D eigenvalue weighted by Gasteiger charge is 2.44. The molecule has 3 aliphatic rings. The van der Waals surface area contributed by atoms with Gasteiger partial charge in [-0.1, -0.05) is 31.2 Å². The van der Waals surface area contributed by atoms with Gasteiger partial charge in [-0.05, 0) is 61.2 Å². The van der Waals surface area contributed by atoms with Crippen molar-refractivity contribution < 1.29 is 29.3 Å². The topological polar surface area (TPSA) is 200 Å². The summed E-state index contributed by atoms with van der Waals surface area (Å²) in [7, 11) is 3.28. The Bertz CT molecular complexity index is 1850. The molecule has 1 aliphatic carbocycles. The molecular formula is C38H50N10O6. The van der Waals surface area contributed by atoms with Gasteiger partial charge in [0.05, 0.1) is 32.6 Å². The van der Waals surface area contributed by atoms with Gasteiger partial charge in [-0.3, -0.25) is 4.79 Å². The van der Waals surface area contributed by atoms with E-state index in [0.717, 1.165) is 42.1 Å². The Kier molecular flexibility index (Phi) is 11.3. The normalized spacial score (nSPS) is 23.9. The molecule has 1 saturated carbocycles. The number of amides is 3. The number of carbonyl (C=O) groups is 2. The molecule has 2 aliphatic heterocycles. The van der Waals surface area contributed by atoms with E-state index in [2.05, 4.69) is 26.6 Å². The van der Waals surface area contributed by atoms with Crippen LogP contribution >= 0.6 is 0 Å². The Morgan fingerprint density at radius 1 is 0.926 bits per heavy atom. The predicted molar refractivity (Wildman–Crippen MR) is 203 cm³/mol. The molecule has 7 rings (SSSR count). The number of aromatic nitrogens is 4. The number of urea groups is 1. The molecule has 3 amide bonds. The fourth-order valence-electron chi connectivity index (χ4n) is 7.70. The number of fused-ring (bicyclic) bond motifs is 1. The Morgan fingerprint density at radius 3 is 2.24 bits per heavy atom. The molecule has 2 aromatic heterocycles. The van der Waals surface area contributed by atoms with Crippen LogP contribution in [-0.2, 0) is 4.79 Å². The summed E-state index contributed by atoms with van der Waals surface area (Å²) < 4.78 is 12.6. The van der Waals surface area contributed by atoms with E-state index in [1.54, 1.807) is 32.0 Å². The minimum atomic E-state index is -1.16. The van der Waals surface area contributed by atoms with Crippen LogP contribution in [0.4, 0.5) is 16.6 Å². The van der Waals surface area contributed by atoms with E-state index in [-0.39, 0.29) is 36.4 Å². The number of aliphatic hydroxyl groups excluding tert-OH is 2. The van der Waals surface area contributed by atoms with Gasteiger partial charge >= 0.3 is 6.03 Å². The van der Waals surface area contributed by atoms with Crippen molar-refractivity contribution in [1.29, 1.82) is 0 Å². The minimum Gasteiger partial charge on any atom is -0.497 e. The summed E-state index contributed by atoms with van der Waals surface area (Å²) in [4.78, 5) is 41.8. The highest BCUT2D eigenvalue weighted by molar-refractivity contribution is 5.85. The number of carbonyl (C=O) groups excluding carboxylic acids is 2. The van der Waals surface area contributed by atoms with Crippen LogP contribution < -0.4 is 41.0 Å². The highest BCUT2D eigenvalue weighted by atomic mass is 16.5. The first-order valence-electron chi connectivity index (χ1n) is 18.7. The molecule has 4 aromatic rings. The van der Waals surface area contributed by atoms with E-state index in [9.17, 15) is 19.8 Å². The third-order valence-electron chi connectivity index (χ3n) is 10.8. The van der Waals surface area contributed by atoms with Crippen molar-refractivity contribution >= 4 is 34.9 Å². The van der Waals surface area contributed by atoms with Crippen LogP contribution in [0.2, 0.25) is 0 Å². The van der Waals surface area contributed by atoms with Crippen molar-refractivity contribution in [1.82, 2.24) is 40.8 Å². The van der Waals surface area contributed by atoms with Crippen LogP contribution in [0.5, 0.6) is 11.5 Å². The van der Waals surface area contributed by atoms with Crippen LogP contribution in [0.15, 0.2) is 54.9 Å². The van der Waals surface area contributed by atoms with Crippen molar-refractivity contribution in [3.05, 3.63) is 66.0 Å². The number of nitrogens with one attached hydrogen (secondary N) is 5. The van der Waals surface area contributed by atoms with Gasteiger partial charge in [-0.15, -0.1) is 0 Å². The highest BCUT2D eigenvalue weighted by Crippen LogP contribution is 2.36. The van der Waals surface area contributed by atoms with E-state index in [1.165, 1.54) is 0 Å². The van der Waals surface area contributed by atoms with Crippen LogP contribution in [0, 0.1) is 0 Å². The Morgan fingerprint density at radius 2 is 1.61 bits per heavy atom. The number of rotatable bonds is 13. The second-order valence-corrected chi connectivity index (χ2v) is 14.2. The third-order valence-corrected chi connectivity index (χ3v) is 10.8. The summed E-state index contributed by atoms with van der Waals surface area (Å²) in [6.07, 6.45) is 1.46. The maximum Gasteiger partial charge on any atom is 0.315 e. The van der Waals surface area contributed by atoms with Crippen molar-refractivity contribution in [2.24, 2.45) is 0 Å². The number of aliphatic hydroxyl groups is 2. The van der Waals surface area contributed by atoms with E-state index in [0.29, 0.717) is 55.4 Å². The quantitative estimate of drug-likeness (QED) is 0.105. The second-order valence-electron chi connectivity index (χ2n) is 14.2. The lowest BCUT2D eigenvalue weighted by atomic mass is 9.91. The number of benzene rings is 2. The van der Waals surface area contributed by atoms with Gasteiger partial charge in [0.1, 0.15) is 23.7 Å². The lowest BCUT2D eigenvalue weighted by molar-refractivity contribution is -0.122. The van der Waals surface area contributed by atoms with E-state index >= 15 is 0 Å². The zero-order valence-corrected chi connectivity index (χ0v) is 30.9. The van der Waals surface area contributed by atoms with E-state index < -0.39 is 24.3 Å². The fourth-order valence-corrected chi connectivity index (χ4v) is 7.70. The third kappa shape index (κ3) is 8.00. The molecule has 4 heterocycles. The van der Waals surface area contributed by atoms with E-state index in [4.69, 9.17) is 24.4 Å². The molecule has 288 valence electrons. The van der Waals surface area contributed by atoms with Gasteiger partial charge in [0.2, 0.25) is 11.9 Å². The SMILES string of the molecule is CCC(=O)N[C@H]1C[C@@H](n2cnc3c(NCC(c4ccc(OC)cc4)c4ccc(OC)cc4)nc(N4CC[C@@H](NC(=O)NC5CCNC5)C4)nc32)[C@H](O)[C@@H]1O. The van der Waals surface area contributed by atoms with Gasteiger partial charge in [-0.2, -0.15) is 9.97 Å². The average molecular weight is 743 g/mol. The molecule has 6 atom stereocenters. The van der Waals surface area contributed by atoms with Crippen LogP contribution in [0.3, 0.4) is 0 Å². The Balaban J connectivity index is 1.19. The molecule has 0 radical (unpaired) electrons. The smallest absolute Gasteiger partial charge is 0.315 e. The average Bonchev–Trinajstić information content (AvgIpc) is 4.02. The van der Waals surface area contributed by atoms with Crippen LogP contribution in [0.25, 0.3) is 11.2 Å². The largest absolute Gasteiger partial charge is 0.497 e. The van der Waals surface area contributed by atoms with Crippen molar-refractivity contribution in [2.45, 2.75) is 74.9 Å². The molecule has 54 heavy (non-hydrogen) atoms. The lowest BCUT2D eigenvalue weighted by Crippen LogP contribution is -2.47. The molecule has 1 unspecified atom stereocenters. The minimum absolute atomic E-state index is 0.0963. The summed E-state index contributed by atoms with van der Waals surface area (Å²) in [5.74, 6) is 2.18. The molecule has 16 nitrogen and oxygen atoms in total. The summed E-state index contributed by atoms with van der Waals surface area (Å²) in [5, 5.41) is 38.0. The standard InChI is InChI=1S/C38H50N10O6/c1-4-31(49)44-29-17-30(34(51)33(29)50)48-21-41-32-35(40-19-28(22-5-9-26(53-2)10-6-22)23-7-11-27(54-3)12-8-23)45-37(46-36(32)48)47-16-14-25(20-47)43-38(52)42-24-13-15-39-18-24/h5-12,21,24-25,28-30,33-34,39,50-51H,4,13-20H2,1-3H3,(H,44,49)(H,40,45,46)(H2,42,43,52)/t24?,25-,29+,30-,33-,34+/m1/s1. The van der Waals surface area contributed by atoms with Gasteiger partial charge in [0.15, 0.2) is 17.0 Å². The van der Waals surface area contributed by atoms with Gasteiger partial charge in [0.25, 0.3) is 0 Å². The maximum absolute atomic E-state index is 12.8. The number of hydrogen-bond donors (Lipinski definition) is 7. The molecule has 3 fully saturated rings. The lowest BCUT2D eigenvalue weighted by Gasteiger charge is -2.22. The summed E-state index contributed by atoms with van der Waals surface area (Å²) >= 11 is 0. The number of imidazole rings is 1. The van der Waals surface area contributed by atoms with Crippen LogP contribution in [-0.4, -0.2) is 119 Å². The number of ether oxygens (including phenoxy) is 2. The summed E-state index contributed by atoms with van der Waals surface area (Å²) in [6, 6.07) is 14.5. The molecule has 0 bridgehead atoms. The Labute approximate surface area is 314 Å². The first-order chi connectivity index (χ1) is 26.2. The molecule has 0 spiro atoms. The maximum atomic E-state index is 12.8. The molecular weight excluding hydrogens is 692 g/mol. The second kappa shape index (κ2) is 16.4. The number of hydrogen-bond acceptors (Lipinski definition) is 12. The van der Waals surface area contributed by atoms with Gasteiger partial charge < -0.3 is 55.7 Å². The zero-order chi connectivity index (χ0) is 37.8. The molecule has 16 heteroatoms. The number of anilines is 2. The molecule has 2 saturated heterocycles. The monoisotopic (exact) mass is 742 g/mol. The first kappa shape index (κ1) is 37.1. The van der Waals surface area contributed by atoms with Crippen LogP contribution in [0.1, 0.15) is 55.7 Å². The van der Waals surface area contributed by atoms with Gasteiger partial charge in [-0.25, -0.2) is 9.78 Å². The first-order valence-corrected chi connectivity index (χ1v) is 18.7. The van der Waals surface area contributed by atoms with E-state index in [1.807, 2.05) is 53.4 Å². The van der Waals surface area contributed by atoms with Crippen molar-refractivity contribution in [3.8, 4) is 11.5 Å². The number of methoxy groups -OCH3 is 2. The van der Waals surface area contributed by atoms with Gasteiger partial charge in [0, 0.05) is 50.6 Å². The van der Waals surface area contributed by atoms with Crippen molar-refractivity contribution in [2.75, 3.05) is 57.2 Å². The van der Waals surface area contributed by atoms with Crippen molar-refractivity contribution in [3.63, 3.8) is 0 Å². The fraction of sp³-hybridized carbons (Fsp3) is 0.500. The predicted octanol–water partition coefficient (Wildman–Crippen LogP) is 1.89. The molecule has 7 N–H and O–H groups in total. The zero-order valence-electron chi connectivity index (χ0n) is 30.9. The summed E-state index contributed by atoms with van der Waals surface area (Å²) in [5.41, 5.74) is 3.11. The molecule has 2 aromatic carbocycles. The summed E-state index contributed by atoms with van der Waals surface area (Å²) in [6.45, 7) is 4.97.